The van der Waals surface area contributed by atoms with Gasteiger partial charge < -0.3 is 23.8 Å². The molecule has 35 heavy (non-hydrogen) atoms. The van der Waals surface area contributed by atoms with E-state index in [4.69, 9.17) is 28.8 Å². The Morgan fingerprint density at radius 1 is 1.06 bits per heavy atom. The zero-order chi connectivity index (χ0) is 24.8. The molecule has 2 aromatic rings. The lowest BCUT2D eigenvalue weighted by atomic mass is 9.97. The van der Waals surface area contributed by atoms with E-state index >= 15 is 0 Å². The maximum absolute atomic E-state index is 12.5. The molecule has 0 bridgehead atoms. The number of rotatable bonds is 9. The van der Waals surface area contributed by atoms with Gasteiger partial charge >= 0.3 is 5.97 Å². The van der Waals surface area contributed by atoms with Gasteiger partial charge in [-0.2, -0.15) is 0 Å². The summed E-state index contributed by atoms with van der Waals surface area (Å²) < 4.78 is 22.7. The van der Waals surface area contributed by atoms with Gasteiger partial charge in [0.25, 0.3) is 0 Å². The van der Waals surface area contributed by atoms with Crippen LogP contribution in [0.5, 0.6) is 11.6 Å². The first-order chi connectivity index (χ1) is 17.0. The van der Waals surface area contributed by atoms with Gasteiger partial charge in [-0.05, 0) is 62.8 Å². The molecule has 8 heteroatoms. The molecule has 0 unspecified atom stereocenters. The van der Waals surface area contributed by atoms with Crippen molar-refractivity contribution >= 4 is 11.7 Å². The van der Waals surface area contributed by atoms with E-state index in [1.54, 1.807) is 14.2 Å². The number of pyridine rings is 1. The average molecular weight is 485 g/mol. The number of hydrogen-bond acceptors (Lipinski definition) is 8. The van der Waals surface area contributed by atoms with Crippen molar-refractivity contribution in [2.75, 3.05) is 32.9 Å². The van der Waals surface area contributed by atoms with Crippen molar-refractivity contribution in [3.05, 3.63) is 34.9 Å². The molecule has 1 saturated carbocycles. The minimum absolute atomic E-state index is 0.140. The van der Waals surface area contributed by atoms with Gasteiger partial charge in [0.2, 0.25) is 5.88 Å². The number of carbonyl (C=O) groups is 1. The monoisotopic (exact) mass is 484 g/mol. The third-order valence-corrected chi connectivity index (χ3v) is 6.87. The Labute approximate surface area is 207 Å². The number of nitrogens with zero attached hydrogens (tertiary/aromatic N) is 1. The zero-order valence-corrected chi connectivity index (χ0v) is 21.1. The number of benzene rings is 1. The van der Waals surface area contributed by atoms with Crippen LogP contribution in [0.25, 0.3) is 11.3 Å². The SMILES string of the molecule is COc1cc(-c2c(C)cc(NOC(=O)C3CCOCC3)cc2COC2CCCC2)nc(OC)c1C. The summed E-state index contributed by atoms with van der Waals surface area (Å²) >= 11 is 0. The maximum Gasteiger partial charge on any atom is 0.335 e. The zero-order valence-electron chi connectivity index (χ0n) is 21.1. The molecule has 0 spiro atoms. The fourth-order valence-electron chi connectivity index (χ4n) is 4.89. The number of anilines is 1. The molecule has 1 aromatic heterocycles. The highest BCUT2D eigenvalue weighted by molar-refractivity contribution is 5.75. The summed E-state index contributed by atoms with van der Waals surface area (Å²) in [6, 6.07) is 5.85. The molecule has 4 rings (SSSR count). The molecule has 0 amide bonds. The summed E-state index contributed by atoms with van der Waals surface area (Å²) in [5.74, 6) is 0.836. The molecule has 8 nitrogen and oxygen atoms in total. The minimum Gasteiger partial charge on any atom is -0.496 e. The molecule has 1 aliphatic carbocycles. The van der Waals surface area contributed by atoms with Crippen molar-refractivity contribution in [1.29, 1.82) is 0 Å². The third-order valence-electron chi connectivity index (χ3n) is 6.87. The number of ether oxygens (including phenoxy) is 4. The second-order valence-corrected chi connectivity index (χ2v) is 9.30. The molecular formula is C27H36N2O6. The fourth-order valence-corrected chi connectivity index (χ4v) is 4.89. The summed E-state index contributed by atoms with van der Waals surface area (Å²) in [4.78, 5) is 22.7. The summed E-state index contributed by atoms with van der Waals surface area (Å²) in [5.41, 5.74) is 8.05. The van der Waals surface area contributed by atoms with Gasteiger partial charge in [0.1, 0.15) is 5.75 Å². The van der Waals surface area contributed by atoms with Crippen LogP contribution in [-0.2, 0) is 25.7 Å². The largest absolute Gasteiger partial charge is 0.496 e. The summed E-state index contributed by atoms with van der Waals surface area (Å²) in [6.45, 7) is 5.55. The van der Waals surface area contributed by atoms with Crippen molar-refractivity contribution in [3.8, 4) is 22.9 Å². The van der Waals surface area contributed by atoms with Gasteiger partial charge in [-0.15, -0.1) is 0 Å². The van der Waals surface area contributed by atoms with Gasteiger partial charge in [-0.3, -0.25) is 0 Å². The van der Waals surface area contributed by atoms with E-state index in [1.165, 1.54) is 12.8 Å². The van der Waals surface area contributed by atoms with Crippen molar-refractivity contribution in [3.63, 3.8) is 0 Å². The summed E-state index contributed by atoms with van der Waals surface area (Å²) in [5, 5.41) is 0. The van der Waals surface area contributed by atoms with Gasteiger partial charge in [-0.1, -0.05) is 12.8 Å². The van der Waals surface area contributed by atoms with E-state index < -0.39 is 0 Å². The predicted molar refractivity (Wildman–Crippen MR) is 133 cm³/mol. The molecular weight excluding hydrogens is 448 g/mol. The highest BCUT2D eigenvalue weighted by atomic mass is 16.7. The Hall–Kier alpha value is -2.84. The molecule has 190 valence electrons. The second kappa shape index (κ2) is 11.7. The molecule has 1 N–H and O–H groups in total. The number of nitrogens with one attached hydrogen (secondary N) is 1. The van der Waals surface area contributed by atoms with E-state index in [-0.39, 0.29) is 18.0 Å². The lowest BCUT2D eigenvalue weighted by molar-refractivity contribution is -0.148. The summed E-state index contributed by atoms with van der Waals surface area (Å²) in [6.07, 6.45) is 6.20. The number of aryl methyl sites for hydroxylation is 1. The van der Waals surface area contributed by atoms with Gasteiger partial charge in [0, 0.05) is 24.8 Å². The Morgan fingerprint density at radius 2 is 1.80 bits per heavy atom. The van der Waals surface area contributed by atoms with E-state index in [1.807, 2.05) is 32.0 Å². The van der Waals surface area contributed by atoms with Crippen LogP contribution < -0.4 is 15.0 Å². The van der Waals surface area contributed by atoms with Gasteiger partial charge in [0.15, 0.2) is 0 Å². The van der Waals surface area contributed by atoms with Crippen LogP contribution in [0.1, 0.15) is 55.2 Å². The predicted octanol–water partition coefficient (Wildman–Crippen LogP) is 5.14. The highest BCUT2D eigenvalue weighted by Gasteiger charge is 2.24. The minimum atomic E-state index is -0.256. The first kappa shape index (κ1) is 25.3. The van der Waals surface area contributed by atoms with Crippen LogP contribution in [0.3, 0.4) is 0 Å². The number of carbonyl (C=O) groups excluding carboxylic acids is 1. The summed E-state index contributed by atoms with van der Waals surface area (Å²) in [7, 11) is 3.25. The van der Waals surface area contributed by atoms with E-state index in [0.29, 0.717) is 50.0 Å². The lowest BCUT2D eigenvalue weighted by Gasteiger charge is -2.21. The number of methoxy groups -OCH3 is 2. The van der Waals surface area contributed by atoms with Crippen LogP contribution in [0.15, 0.2) is 18.2 Å². The van der Waals surface area contributed by atoms with Crippen LogP contribution >= 0.6 is 0 Å². The first-order valence-corrected chi connectivity index (χ1v) is 12.4. The van der Waals surface area contributed by atoms with E-state index in [2.05, 4.69) is 5.48 Å². The van der Waals surface area contributed by atoms with Crippen LogP contribution in [0, 0.1) is 19.8 Å². The van der Waals surface area contributed by atoms with Gasteiger partial charge in [0.05, 0.1) is 49.8 Å². The van der Waals surface area contributed by atoms with Crippen molar-refractivity contribution in [2.24, 2.45) is 5.92 Å². The number of hydrogen-bond donors (Lipinski definition) is 1. The molecule has 2 heterocycles. The number of aromatic nitrogens is 1. The van der Waals surface area contributed by atoms with E-state index in [9.17, 15) is 4.79 Å². The van der Waals surface area contributed by atoms with Crippen LogP contribution in [0.4, 0.5) is 5.69 Å². The molecule has 2 aliphatic rings. The molecule has 1 aliphatic heterocycles. The normalized spacial score (nSPS) is 16.8. The Morgan fingerprint density at radius 3 is 2.49 bits per heavy atom. The molecule has 1 saturated heterocycles. The van der Waals surface area contributed by atoms with Crippen molar-refractivity contribution in [1.82, 2.24) is 4.98 Å². The maximum atomic E-state index is 12.5. The third kappa shape index (κ3) is 6.05. The Bertz CT molecular complexity index is 1000. The Balaban J connectivity index is 1.62. The fraction of sp³-hybridized carbons (Fsp3) is 0.556. The van der Waals surface area contributed by atoms with Crippen molar-refractivity contribution in [2.45, 2.75) is 65.1 Å². The Kier molecular flexibility index (Phi) is 8.46. The highest BCUT2D eigenvalue weighted by Crippen LogP contribution is 2.36. The lowest BCUT2D eigenvalue weighted by Crippen LogP contribution is -2.26. The average Bonchev–Trinajstić information content (AvgIpc) is 3.40. The van der Waals surface area contributed by atoms with Gasteiger partial charge in [-0.25, -0.2) is 15.3 Å². The second-order valence-electron chi connectivity index (χ2n) is 9.30. The van der Waals surface area contributed by atoms with Crippen molar-refractivity contribution < 1.29 is 28.6 Å². The molecule has 1 aromatic carbocycles. The smallest absolute Gasteiger partial charge is 0.335 e. The van der Waals surface area contributed by atoms with E-state index in [0.717, 1.165) is 40.8 Å². The van der Waals surface area contributed by atoms with Crippen LogP contribution in [-0.4, -0.2) is 44.5 Å². The molecule has 2 fully saturated rings. The molecule has 0 atom stereocenters. The quantitative estimate of drug-likeness (QED) is 0.490. The topological polar surface area (TPSA) is 88.1 Å². The van der Waals surface area contributed by atoms with Crippen LogP contribution in [0.2, 0.25) is 0 Å². The standard InChI is InChI=1S/C27H36N2O6/c1-17-13-21(29-35-27(30)19-9-11-33-12-10-19)14-20(16-34-22-7-5-6-8-22)25(17)23-15-24(31-3)18(2)26(28-23)32-4/h13-15,19,22,29H,5-12,16H2,1-4H3. The first-order valence-electron chi connectivity index (χ1n) is 12.4. The molecule has 0 radical (unpaired) electrons.